The fraction of sp³-hybridized carbons (Fsp3) is 0.619. The van der Waals surface area contributed by atoms with E-state index in [0.29, 0.717) is 25.7 Å². The molecule has 0 bridgehead atoms. The standard InChI is InChI=1S/C21H35N5O2.HI/c1-6-28-21(27)26-13-11-18(12-14-26)24-20(22-3)23-15-19(25(4)5)17-9-7-16(2)8-10-17;/h7-10,18-19H,6,11-15H2,1-5H3,(H2,22,23,24);1H. The van der Waals surface area contributed by atoms with Crippen molar-refractivity contribution in [1.82, 2.24) is 20.4 Å². The number of likely N-dealkylation sites (N-methyl/N-ethyl adjacent to an activating group) is 1. The van der Waals surface area contributed by atoms with Crippen LogP contribution in [0.15, 0.2) is 29.3 Å². The second kappa shape index (κ2) is 12.9. The van der Waals surface area contributed by atoms with Crippen LogP contribution in [0.4, 0.5) is 4.79 Å². The Labute approximate surface area is 192 Å². The number of hydrogen-bond donors (Lipinski definition) is 2. The van der Waals surface area contributed by atoms with Gasteiger partial charge in [-0.15, -0.1) is 24.0 Å². The van der Waals surface area contributed by atoms with Crippen molar-refractivity contribution < 1.29 is 9.53 Å². The van der Waals surface area contributed by atoms with Crippen LogP contribution in [-0.4, -0.2) is 75.3 Å². The minimum absolute atomic E-state index is 0. The molecule has 0 aliphatic carbocycles. The summed E-state index contributed by atoms with van der Waals surface area (Å²) in [5, 5.41) is 6.95. The number of rotatable bonds is 6. The number of halogens is 1. The monoisotopic (exact) mass is 517 g/mol. The predicted octanol–water partition coefficient (Wildman–Crippen LogP) is 3.00. The molecule has 0 radical (unpaired) electrons. The predicted molar refractivity (Wildman–Crippen MR) is 129 cm³/mol. The number of piperidine rings is 1. The van der Waals surface area contributed by atoms with E-state index in [0.717, 1.165) is 25.3 Å². The molecule has 7 nitrogen and oxygen atoms in total. The Morgan fingerprint density at radius 2 is 1.90 bits per heavy atom. The maximum atomic E-state index is 11.8. The van der Waals surface area contributed by atoms with Gasteiger partial charge in [-0.1, -0.05) is 29.8 Å². The van der Waals surface area contributed by atoms with E-state index in [2.05, 4.69) is 65.8 Å². The highest BCUT2D eigenvalue weighted by atomic mass is 127. The first-order valence-electron chi connectivity index (χ1n) is 10.1. The highest BCUT2D eigenvalue weighted by Gasteiger charge is 2.24. The van der Waals surface area contributed by atoms with Crippen LogP contribution < -0.4 is 10.6 Å². The number of ether oxygens (including phenoxy) is 1. The lowest BCUT2D eigenvalue weighted by Gasteiger charge is -2.33. The van der Waals surface area contributed by atoms with Gasteiger partial charge in [-0.3, -0.25) is 4.99 Å². The summed E-state index contributed by atoms with van der Waals surface area (Å²) in [5.74, 6) is 0.800. The first-order chi connectivity index (χ1) is 13.4. The number of benzene rings is 1. The van der Waals surface area contributed by atoms with Crippen LogP contribution in [0.5, 0.6) is 0 Å². The minimum Gasteiger partial charge on any atom is -0.450 e. The van der Waals surface area contributed by atoms with Gasteiger partial charge < -0.3 is 25.2 Å². The number of aliphatic imine (C=N–C) groups is 1. The average molecular weight is 517 g/mol. The van der Waals surface area contributed by atoms with Gasteiger partial charge in [0.25, 0.3) is 0 Å². The van der Waals surface area contributed by atoms with Gasteiger partial charge in [0.05, 0.1) is 12.6 Å². The van der Waals surface area contributed by atoms with Crippen LogP contribution in [-0.2, 0) is 4.74 Å². The molecule has 1 fully saturated rings. The Morgan fingerprint density at radius 1 is 1.28 bits per heavy atom. The van der Waals surface area contributed by atoms with Crippen molar-refractivity contribution in [3.05, 3.63) is 35.4 Å². The number of amides is 1. The average Bonchev–Trinajstić information content (AvgIpc) is 2.69. The lowest BCUT2D eigenvalue weighted by atomic mass is 10.0. The van der Waals surface area contributed by atoms with Gasteiger partial charge in [-0.25, -0.2) is 4.79 Å². The molecule has 2 rings (SSSR count). The van der Waals surface area contributed by atoms with Gasteiger partial charge in [0.15, 0.2) is 5.96 Å². The van der Waals surface area contributed by atoms with Gasteiger partial charge in [0, 0.05) is 32.7 Å². The molecule has 1 unspecified atom stereocenters. The highest BCUT2D eigenvalue weighted by molar-refractivity contribution is 14.0. The quantitative estimate of drug-likeness (QED) is 0.345. The van der Waals surface area contributed by atoms with Gasteiger partial charge in [0.1, 0.15) is 0 Å². The fourth-order valence-corrected chi connectivity index (χ4v) is 3.39. The van der Waals surface area contributed by atoms with Crippen LogP contribution in [0, 0.1) is 6.92 Å². The van der Waals surface area contributed by atoms with Crippen molar-refractivity contribution in [3.63, 3.8) is 0 Å². The van der Waals surface area contributed by atoms with Crippen LogP contribution in [0.1, 0.15) is 36.9 Å². The zero-order valence-electron chi connectivity index (χ0n) is 18.3. The van der Waals surface area contributed by atoms with E-state index in [-0.39, 0.29) is 36.1 Å². The van der Waals surface area contributed by atoms with Crippen molar-refractivity contribution in [2.24, 2.45) is 4.99 Å². The van der Waals surface area contributed by atoms with Crippen molar-refractivity contribution in [2.45, 2.75) is 38.8 Å². The van der Waals surface area contributed by atoms with Crippen molar-refractivity contribution in [1.29, 1.82) is 0 Å². The Hall–Kier alpha value is -1.55. The van der Waals surface area contributed by atoms with Crippen LogP contribution >= 0.6 is 24.0 Å². The third kappa shape index (κ3) is 8.00. The summed E-state index contributed by atoms with van der Waals surface area (Å²) in [6.45, 7) is 6.53. The van der Waals surface area contributed by atoms with Crippen molar-refractivity contribution in [3.8, 4) is 0 Å². The molecule has 1 aliphatic heterocycles. The van der Waals surface area contributed by atoms with E-state index in [1.807, 2.05) is 6.92 Å². The maximum Gasteiger partial charge on any atom is 0.409 e. The summed E-state index contributed by atoms with van der Waals surface area (Å²) in [5.41, 5.74) is 2.54. The Bertz CT molecular complexity index is 643. The highest BCUT2D eigenvalue weighted by Crippen LogP contribution is 2.18. The molecule has 29 heavy (non-hydrogen) atoms. The summed E-state index contributed by atoms with van der Waals surface area (Å²) in [6, 6.07) is 9.22. The van der Waals surface area contributed by atoms with Crippen LogP contribution in [0.25, 0.3) is 0 Å². The summed E-state index contributed by atoms with van der Waals surface area (Å²) in [4.78, 5) is 20.2. The third-order valence-electron chi connectivity index (χ3n) is 5.13. The largest absolute Gasteiger partial charge is 0.450 e. The van der Waals surface area contributed by atoms with E-state index < -0.39 is 0 Å². The Kier molecular flexibility index (Phi) is 11.3. The normalized spacial score (nSPS) is 16.2. The molecule has 1 atom stereocenters. The third-order valence-corrected chi connectivity index (χ3v) is 5.13. The molecule has 2 N–H and O–H groups in total. The summed E-state index contributed by atoms with van der Waals surface area (Å²) < 4.78 is 5.08. The molecule has 0 saturated carbocycles. The molecule has 8 heteroatoms. The molecule has 1 aromatic carbocycles. The minimum atomic E-state index is -0.213. The second-order valence-corrected chi connectivity index (χ2v) is 7.45. The molecule has 1 heterocycles. The van der Waals surface area contributed by atoms with Crippen molar-refractivity contribution >= 4 is 36.0 Å². The second-order valence-electron chi connectivity index (χ2n) is 7.45. The number of carbonyl (C=O) groups excluding carboxylic acids is 1. The van der Waals surface area contributed by atoms with Crippen LogP contribution in [0.2, 0.25) is 0 Å². The zero-order chi connectivity index (χ0) is 20.5. The van der Waals surface area contributed by atoms with E-state index >= 15 is 0 Å². The lowest BCUT2D eigenvalue weighted by molar-refractivity contribution is 0.0963. The molecular weight excluding hydrogens is 481 g/mol. The number of hydrogen-bond acceptors (Lipinski definition) is 4. The molecule has 0 spiro atoms. The molecule has 164 valence electrons. The van der Waals surface area contributed by atoms with Gasteiger partial charge in [-0.05, 0) is 46.3 Å². The van der Waals surface area contributed by atoms with Crippen LogP contribution in [0.3, 0.4) is 0 Å². The summed E-state index contributed by atoms with van der Waals surface area (Å²) >= 11 is 0. The first kappa shape index (κ1) is 25.5. The van der Waals surface area contributed by atoms with E-state index in [1.165, 1.54) is 11.1 Å². The maximum absolute atomic E-state index is 11.8. The topological polar surface area (TPSA) is 69.2 Å². The Morgan fingerprint density at radius 3 is 2.41 bits per heavy atom. The lowest BCUT2D eigenvalue weighted by Crippen LogP contribution is -2.50. The number of aryl methyl sites for hydroxylation is 1. The first-order valence-corrected chi connectivity index (χ1v) is 10.1. The zero-order valence-corrected chi connectivity index (χ0v) is 20.6. The molecule has 0 aromatic heterocycles. The van der Waals surface area contributed by atoms with E-state index in [4.69, 9.17) is 4.74 Å². The van der Waals surface area contributed by atoms with E-state index in [1.54, 1.807) is 11.9 Å². The molecule has 1 amide bonds. The molecule has 1 aromatic rings. The number of nitrogens with one attached hydrogen (secondary N) is 2. The van der Waals surface area contributed by atoms with E-state index in [9.17, 15) is 4.79 Å². The number of nitrogens with zero attached hydrogens (tertiary/aromatic N) is 3. The number of guanidine groups is 1. The molecule has 1 aliphatic rings. The molecule has 1 saturated heterocycles. The van der Waals surface area contributed by atoms with Gasteiger partial charge in [-0.2, -0.15) is 0 Å². The fourth-order valence-electron chi connectivity index (χ4n) is 3.39. The van der Waals surface area contributed by atoms with Gasteiger partial charge >= 0.3 is 6.09 Å². The molecular formula is C21H36IN5O2. The smallest absolute Gasteiger partial charge is 0.409 e. The number of carbonyl (C=O) groups is 1. The summed E-state index contributed by atoms with van der Waals surface area (Å²) in [6.07, 6.45) is 1.55. The number of likely N-dealkylation sites (tertiary alicyclic amines) is 1. The van der Waals surface area contributed by atoms with Gasteiger partial charge in [0.2, 0.25) is 0 Å². The van der Waals surface area contributed by atoms with Crippen molar-refractivity contribution in [2.75, 3.05) is 47.4 Å². The Balaban J connectivity index is 0.00000420. The summed E-state index contributed by atoms with van der Waals surface area (Å²) in [7, 11) is 5.97. The SMILES string of the molecule is CCOC(=O)N1CCC(NC(=NC)NCC(c2ccc(C)cc2)N(C)C)CC1.I.